The maximum atomic E-state index is 6.55. The van der Waals surface area contributed by atoms with Crippen molar-refractivity contribution in [3.8, 4) is 5.75 Å². The molecule has 138 valence electrons. The molecule has 4 rings (SSSR count). The summed E-state index contributed by atoms with van der Waals surface area (Å²) in [6.07, 6.45) is 4.51. The van der Waals surface area contributed by atoms with Gasteiger partial charge in [-0.25, -0.2) is 0 Å². The van der Waals surface area contributed by atoms with Crippen LogP contribution in [-0.4, -0.2) is 30.1 Å². The Morgan fingerprint density at radius 2 is 2.00 bits per heavy atom. The number of benzene rings is 2. The van der Waals surface area contributed by atoms with E-state index in [9.17, 15) is 0 Å². The molecule has 0 spiro atoms. The Kier molecular flexibility index (Phi) is 5.21. The molecule has 0 saturated carbocycles. The van der Waals surface area contributed by atoms with Crippen molar-refractivity contribution in [1.82, 2.24) is 4.90 Å². The number of aryl methyl sites for hydroxylation is 2. The fourth-order valence-corrected chi connectivity index (χ4v) is 4.52. The Hall–Kier alpha value is -1.55. The van der Waals surface area contributed by atoms with Gasteiger partial charge < -0.3 is 10.5 Å². The topological polar surface area (TPSA) is 38.5 Å². The van der Waals surface area contributed by atoms with Gasteiger partial charge in [0.1, 0.15) is 11.9 Å². The molecule has 1 fully saturated rings. The molecule has 4 heteroatoms. The number of likely N-dealkylation sites (tertiary alicyclic amines) is 1. The minimum absolute atomic E-state index is 0.0176. The van der Waals surface area contributed by atoms with Gasteiger partial charge in [0.2, 0.25) is 0 Å². The highest BCUT2D eigenvalue weighted by atomic mass is 35.5. The van der Waals surface area contributed by atoms with Gasteiger partial charge in [0.25, 0.3) is 0 Å². The van der Waals surface area contributed by atoms with Crippen LogP contribution in [0.1, 0.15) is 42.1 Å². The molecule has 1 aliphatic carbocycles. The van der Waals surface area contributed by atoms with E-state index in [2.05, 4.69) is 29.2 Å². The van der Waals surface area contributed by atoms with E-state index < -0.39 is 0 Å². The van der Waals surface area contributed by atoms with E-state index in [-0.39, 0.29) is 12.1 Å². The lowest BCUT2D eigenvalue weighted by atomic mass is 9.84. The molecule has 3 atom stereocenters. The molecule has 2 aromatic carbocycles. The van der Waals surface area contributed by atoms with E-state index in [1.165, 1.54) is 17.5 Å². The number of fused-ring (bicyclic) bond motifs is 1. The summed E-state index contributed by atoms with van der Waals surface area (Å²) in [5.74, 6) is 0.841. The maximum absolute atomic E-state index is 6.55. The third-order valence-electron chi connectivity index (χ3n) is 5.79. The number of nitrogens with zero attached hydrogens (tertiary/aromatic N) is 1. The molecule has 1 heterocycles. The average molecular weight is 371 g/mol. The molecule has 0 aromatic heterocycles. The number of halogens is 1. The Labute approximate surface area is 161 Å². The van der Waals surface area contributed by atoms with Gasteiger partial charge in [-0.1, -0.05) is 41.9 Å². The van der Waals surface area contributed by atoms with Gasteiger partial charge in [-0.15, -0.1) is 0 Å². The molecule has 26 heavy (non-hydrogen) atoms. The lowest BCUT2D eigenvalue weighted by Gasteiger charge is -2.43. The molecule has 1 saturated heterocycles. The first kappa shape index (κ1) is 17.8. The Balaban J connectivity index is 1.66. The predicted octanol–water partition coefficient (Wildman–Crippen LogP) is 4.51. The summed E-state index contributed by atoms with van der Waals surface area (Å²) in [6.45, 7) is 4.08. The summed E-state index contributed by atoms with van der Waals surface area (Å²) >= 11 is 6.33. The number of rotatable bonds is 3. The number of hydrogen-bond acceptors (Lipinski definition) is 3. The van der Waals surface area contributed by atoms with Crippen molar-refractivity contribution < 1.29 is 4.74 Å². The van der Waals surface area contributed by atoms with E-state index >= 15 is 0 Å². The number of piperidine rings is 1. The fourth-order valence-electron chi connectivity index (χ4n) is 4.35. The number of hydrogen-bond donors (Lipinski definition) is 1. The average Bonchev–Trinajstić information content (AvgIpc) is 2.65. The third-order valence-corrected chi connectivity index (χ3v) is 6.19. The molecule has 0 radical (unpaired) electrons. The van der Waals surface area contributed by atoms with Crippen LogP contribution in [0.25, 0.3) is 0 Å². The van der Waals surface area contributed by atoms with Gasteiger partial charge in [-0.05, 0) is 68.0 Å². The minimum atomic E-state index is 0.0176. The molecule has 3 nitrogen and oxygen atoms in total. The van der Waals surface area contributed by atoms with Crippen molar-refractivity contribution in [3.63, 3.8) is 0 Å². The monoisotopic (exact) mass is 370 g/mol. The van der Waals surface area contributed by atoms with Gasteiger partial charge in [0.15, 0.2) is 0 Å². The zero-order valence-electron chi connectivity index (χ0n) is 15.3. The standard InChI is InChI=1S/C22H27ClN2O/c1-15-8-10-18(13-20(15)23)26-22-19-7-3-2-5-16(19)9-11-21(22)25-12-4-6-17(24)14-25/h2-3,5,7-8,10,13,17,21-22H,4,6,9,11-12,14,24H2,1H3/t17-,21-,22-/m0/s1. The van der Waals surface area contributed by atoms with Crippen molar-refractivity contribution in [2.45, 2.75) is 50.8 Å². The second kappa shape index (κ2) is 7.59. The van der Waals surface area contributed by atoms with Gasteiger partial charge >= 0.3 is 0 Å². The van der Waals surface area contributed by atoms with Crippen LogP contribution in [0.2, 0.25) is 5.02 Å². The first-order valence-electron chi connectivity index (χ1n) is 9.62. The Morgan fingerprint density at radius 1 is 1.15 bits per heavy atom. The first-order valence-corrected chi connectivity index (χ1v) is 10.00. The summed E-state index contributed by atoms with van der Waals surface area (Å²) in [6, 6.07) is 15.3. The van der Waals surface area contributed by atoms with E-state index in [1.807, 2.05) is 25.1 Å². The van der Waals surface area contributed by atoms with Gasteiger partial charge in [-0.2, -0.15) is 0 Å². The summed E-state index contributed by atoms with van der Waals surface area (Å²) in [7, 11) is 0. The highest BCUT2D eigenvalue weighted by Gasteiger charge is 2.36. The fraction of sp³-hybridized carbons (Fsp3) is 0.455. The van der Waals surface area contributed by atoms with Crippen LogP contribution in [0.3, 0.4) is 0 Å². The highest BCUT2D eigenvalue weighted by molar-refractivity contribution is 6.31. The lowest BCUT2D eigenvalue weighted by Crippen LogP contribution is -2.51. The minimum Gasteiger partial charge on any atom is -0.484 e. The highest BCUT2D eigenvalue weighted by Crippen LogP contribution is 2.38. The number of ether oxygens (including phenoxy) is 1. The quantitative estimate of drug-likeness (QED) is 0.864. The van der Waals surface area contributed by atoms with E-state index in [0.717, 1.165) is 48.7 Å². The SMILES string of the molecule is Cc1ccc(O[C@H]2c3ccccc3CC[C@@H]2N2CCC[C@H](N)C2)cc1Cl. The van der Waals surface area contributed by atoms with E-state index in [1.54, 1.807) is 0 Å². The van der Waals surface area contributed by atoms with Crippen molar-refractivity contribution in [1.29, 1.82) is 0 Å². The molecule has 0 unspecified atom stereocenters. The molecule has 2 aromatic rings. The lowest BCUT2D eigenvalue weighted by molar-refractivity contribution is 0.0367. The van der Waals surface area contributed by atoms with Crippen LogP contribution in [0.15, 0.2) is 42.5 Å². The summed E-state index contributed by atoms with van der Waals surface area (Å²) in [5.41, 5.74) is 10.0. The third kappa shape index (κ3) is 3.62. The van der Waals surface area contributed by atoms with E-state index in [4.69, 9.17) is 22.1 Å². The van der Waals surface area contributed by atoms with Crippen molar-refractivity contribution >= 4 is 11.6 Å². The normalized spacial score (nSPS) is 26.3. The zero-order valence-corrected chi connectivity index (χ0v) is 16.1. The number of nitrogens with two attached hydrogens (primary N) is 1. The van der Waals surface area contributed by atoms with Crippen LogP contribution >= 0.6 is 11.6 Å². The summed E-state index contributed by atoms with van der Waals surface area (Å²) < 4.78 is 6.55. The predicted molar refractivity (Wildman–Crippen MR) is 107 cm³/mol. The molecule has 2 aliphatic rings. The summed E-state index contributed by atoms with van der Waals surface area (Å²) in [4.78, 5) is 2.55. The molecule has 2 N–H and O–H groups in total. The van der Waals surface area contributed by atoms with Gasteiger partial charge in [-0.3, -0.25) is 4.90 Å². The first-order chi connectivity index (χ1) is 12.6. The van der Waals surface area contributed by atoms with Crippen LogP contribution in [0.4, 0.5) is 0 Å². The van der Waals surface area contributed by atoms with Gasteiger partial charge in [0.05, 0.1) is 6.04 Å². The Morgan fingerprint density at radius 3 is 2.81 bits per heavy atom. The van der Waals surface area contributed by atoms with Crippen LogP contribution in [-0.2, 0) is 6.42 Å². The van der Waals surface area contributed by atoms with Crippen molar-refractivity contribution in [3.05, 3.63) is 64.2 Å². The smallest absolute Gasteiger partial charge is 0.139 e. The molecule has 1 aliphatic heterocycles. The summed E-state index contributed by atoms with van der Waals surface area (Å²) in [5, 5.41) is 0.753. The molecular formula is C22H27ClN2O. The Bertz CT molecular complexity index is 778. The molecular weight excluding hydrogens is 344 g/mol. The second-order valence-electron chi connectivity index (χ2n) is 7.65. The maximum Gasteiger partial charge on any atom is 0.139 e. The van der Waals surface area contributed by atoms with Crippen molar-refractivity contribution in [2.75, 3.05) is 13.1 Å². The molecule has 0 bridgehead atoms. The molecule has 0 amide bonds. The van der Waals surface area contributed by atoms with E-state index in [0.29, 0.717) is 6.04 Å². The largest absolute Gasteiger partial charge is 0.484 e. The van der Waals surface area contributed by atoms with Crippen LogP contribution in [0, 0.1) is 6.92 Å². The van der Waals surface area contributed by atoms with Gasteiger partial charge in [0, 0.05) is 17.6 Å². The zero-order chi connectivity index (χ0) is 18.1. The van der Waals surface area contributed by atoms with Crippen molar-refractivity contribution in [2.24, 2.45) is 5.73 Å². The second-order valence-corrected chi connectivity index (χ2v) is 8.06. The van der Waals surface area contributed by atoms with Crippen LogP contribution in [0.5, 0.6) is 5.75 Å². The van der Waals surface area contributed by atoms with Crippen LogP contribution < -0.4 is 10.5 Å².